The van der Waals surface area contributed by atoms with Gasteiger partial charge in [-0.1, -0.05) is 6.07 Å². The summed E-state index contributed by atoms with van der Waals surface area (Å²) in [7, 11) is 1.47. The van der Waals surface area contributed by atoms with Crippen molar-refractivity contribution in [3.8, 4) is 5.75 Å². The Morgan fingerprint density at radius 3 is 2.90 bits per heavy atom. The zero-order valence-corrected chi connectivity index (χ0v) is 10.8. The van der Waals surface area contributed by atoms with E-state index in [1.165, 1.54) is 7.11 Å². The normalized spacial score (nSPS) is 10.1. The first-order valence-corrected chi connectivity index (χ1v) is 5.66. The molecule has 0 saturated heterocycles. The molecule has 20 heavy (non-hydrogen) atoms. The van der Waals surface area contributed by atoms with E-state index in [2.05, 4.69) is 15.5 Å². The first kappa shape index (κ1) is 13.5. The largest absolute Gasteiger partial charge is 0.495 e. The van der Waals surface area contributed by atoms with E-state index in [0.717, 1.165) is 11.8 Å². The van der Waals surface area contributed by atoms with Crippen molar-refractivity contribution in [2.45, 2.75) is 6.92 Å². The fourth-order valence-corrected chi connectivity index (χ4v) is 1.69. The van der Waals surface area contributed by atoms with Gasteiger partial charge in [0.25, 0.3) is 5.91 Å². The van der Waals surface area contributed by atoms with Gasteiger partial charge in [-0.15, -0.1) is 0 Å². The fraction of sp³-hybridized carbons (Fsp3) is 0.167. The van der Waals surface area contributed by atoms with E-state index >= 15 is 0 Å². The highest BCUT2D eigenvalue weighted by Crippen LogP contribution is 2.26. The van der Waals surface area contributed by atoms with Gasteiger partial charge in [-0.25, -0.2) is 0 Å². The van der Waals surface area contributed by atoms with Crippen LogP contribution in [0, 0.1) is 17.0 Å². The van der Waals surface area contributed by atoms with Crippen molar-refractivity contribution in [2.75, 3.05) is 12.4 Å². The molecule has 2 N–H and O–H groups in total. The number of carbonyl (C=O) groups excluding carboxylic acids is 1. The molecule has 1 aromatic heterocycles. The number of carbonyl (C=O) groups is 1. The summed E-state index contributed by atoms with van der Waals surface area (Å²) in [5.74, 6) is -0.191. The van der Waals surface area contributed by atoms with Gasteiger partial charge >= 0.3 is 5.69 Å². The highest BCUT2D eigenvalue weighted by Gasteiger charge is 2.23. The van der Waals surface area contributed by atoms with Crippen molar-refractivity contribution in [3.05, 3.63) is 45.8 Å². The van der Waals surface area contributed by atoms with Crippen LogP contribution in [0.1, 0.15) is 16.1 Å². The van der Waals surface area contributed by atoms with Crippen LogP contribution in [-0.4, -0.2) is 28.1 Å². The number of hydrogen-bond donors (Lipinski definition) is 2. The van der Waals surface area contributed by atoms with Gasteiger partial charge in [0.2, 0.25) is 5.69 Å². The molecule has 0 bridgehead atoms. The molecule has 0 aliphatic rings. The van der Waals surface area contributed by atoms with Gasteiger partial charge in [0.05, 0.1) is 17.7 Å². The molecule has 1 amide bonds. The van der Waals surface area contributed by atoms with E-state index < -0.39 is 10.8 Å². The topological polar surface area (TPSA) is 110 Å². The summed E-state index contributed by atoms with van der Waals surface area (Å²) in [4.78, 5) is 22.1. The van der Waals surface area contributed by atoms with Crippen LogP contribution in [0.5, 0.6) is 5.75 Å². The Bertz CT molecular complexity index is 665. The van der Waals surface area contributed by atoms with E-state index in [9.17, 15) is 14.9 Å². The number of methoxy groups -OCH3 is 1. The van der Waals surface area contributed by atoms with Crippen LogP contribution in [0.15, 0.2) is 24.4 Å². The number of rotatable bonds is 4. The lowest BCUT2D eigenvalue weighted by atomic mass is 10.2. The maximum Gasteiger partial charge on any atom is 0.319 e. The summed E-state index contributed by atoms with van der Waals surface area (Å²) in [6, 6.07) is 5.23. The molecule has 0 saturated carbocycles. The van der Waals surface area contributed by atoms with Crippen molar-refractivity contribution in [2.24, 2.45) is 0 Å². The average molecular weight is 276 g/mol. The molecule has 0 fully saturated rings. The summed E-state index contributed by atoms with van der Waals surface area (Å²) in [6.07, 6.45) is 0.988. The number of hydrogen-bond acceptors (Lipinski definition) is 5. The molecule has 0 radical (unpaired) electrons. The third-order valence-corrected chi connectivity index (χ3v) is 2.65. The smallest absolute Gasteiger partial charge is 0.319 e. The maximum absolute atomic E-state index is 12.0. The molecule has 0 atom stereocenters. The standard InChI is InChI=1S/C12H12N4O4/c1-7-3-4-10(20-2)8(5-7)14-12(17)11-9(16(18)19)6-13-15-11/h3-6H,1-2H3,(H,13,15)(H,14,17). The van der Waals surface area contributed by atoms with Gasteiger partial charge in [-0.2, -0.15) is 5.10 Å². The Kier molecular flexibility index (Phi) is 3.65. The van der Waals surface area contributed by atoms with Gasteiger partial charge in [0, 0.05) is 0 Å². The minimum atomic E-state index is -0.675. The Balaban J connectivity index is 2.30. The van der Waals surface area contributed by atoms with Crippen LogP contribution >= 0.6 is 0 Å². The van der Waals surface area contributed by atoms with Crippen molar-refractivity contribution < 1.29 is 14.5 Å². The first-order chi connectivity index (χ1) is 9.52. The lowest BCUT2D eigenvalue weighted by Gasteiger charge is -2.10. The van der Waals surface area contributed by atoms with Crippen LogP contribution in [0.3, 0.4) is 0 Å². The van der Waals surface area contributed by atoms with Crippen molar-refractivity contribution >= 4 is 17.3 Å². The molecule has 0 spiro atoms. The molecule has 0 aliphatic carbocycles. The Morgan fingerprint density at radius 1 is 1.50 bits per heavy atom. The molecule has 2 aromatic rings. The number of aromatic amines is 1. The van der Waals surface area contributed by atoms with Gasteiger partial charge in [0.1, 0.15) is 11.9 Å². The minimum absolute atomic E-state index is 0.210. The van der Waals surface area contributed by atoms with Crippen molar-refractivity contribution in [1.82, 2.24) is 10.2 Å². The Morgan fingerprint density at radius 2 is 2.25 bits per heavy atom. The Hall–Kier alpha value is -2.90. The lowest BCUT2D eigenvalue weighted by molar-refractivity contribution is -0.385. The average Bonchev–Trinajstić information content (AvgIpc) is 2.88. The number of ether oxygens (including phenoxy) is 1. The highest BCUT2D eigenvalue weighted by molar-refractivity contribution is 6.06. The second-order valence-corrected chi connectivity index (χ2v) is 4.05. The number of nitrogens with zero attached hydrogens (tertiary/aromatic N) is 2. The number of aryl methyl sites for hydroxylation is 1. The van der Waals surface area contributed by atoms with Crippen molar-refractivity contribution in [1.29, 1.82) is 0 Å². The van der Waals surface area contributed by atoms with E-state index in [0.29, 0.717) is 11.4 Å². The lowest BCUT2D eigenvalue weighted by Crippen LogP contribution is -2.14. The number of benzene rings is 1. The number of nitro groups is 1. The van der Waals surface area contributed by atoms with E-state index in [-0.39, 0.29) is 11.4 Å². The van der Waals surface area contributed by atoms with Gasteiger partial charge in [-0.05, 0) is 24.6 Å². The van der Waals surface area contributed by atoms with Crippen LogP contribution in [0.25, 0.3) is 0 Å². The molecular weight excluding hydrogens is 264 g/mol. The summed E-state index contributed by atoms with van der Waals surface area (Å²) in [5.41, 5.74) is 0.759. The van der Waals surface area contributed by atoms with Crippen LogP contribution in [0.2, 0.25) is 0 Å². The van der Waals surface area contributed by atoms with Crippen molar-refractivity contribution in [3.63, 3.8) is 0 Å². The van der Waals surface area contributed by atoms with Crippen LogP contribution in [-0.2, 0) is 0 Å². The second-order valence-electron chi connectivity index (χ2n) is 4.05. The molecular formula is C12H12N4O4. The number of amides is 1. The number of H-pyrrole nitrogens is 1. The quantitative estimate of drug-likeness (QED) is 0.654. The SMILES string of the molecule is COc1ccc(C)cc1NC(=O)c1[nH]ncc1[N+](=O)[O-]. The fourth-order valence-electron chi connectivity index (χ4n) is 1.69. The second kappa shape index (κ2) is 5.39. The molecule has 0 aliphatic heterocycles. The van der Waals surface area contributed by atoms with E-state index in [4.69, 9.17) is 4.74 Å². The number of nitrogens with one attached hydrogen (secondary N) is 2. The third-order valence-electron chi connectivity index (χ3n) is 2.65. The summed E-state index contributed by atoms with van der Waals surface area (Å²) >= 11 is 0. The number of aromatic nitrogens is 2. The molecule has 1 aromatic carbocycles. The molecule has 8 heteroatoms. The van der Waals surface area contributed by atoms with E-state index in [1.807, 2.05) is 13.0 Å². The monoisotopic (exact) mass is 276 g/mol. The van der Waals surface area contributed by atoms with Gasteiger partial charge in [0.15, 0.2) is 0 Å². The summed E-state index contributed by atoms with van der Waals surface area (Å²) in [5, 5.41) is 19.1. The third kappa shape index (κ3) is 2.58. The molecule has 1 heterocycles. The molecule has 8 nitrogen and oxygen atoms in total. The molecule has 0 unspecified atom stereocenters. The maximum atomic E-state index is 12.0. The summed E-state index contributed by atoms with van der Waals surface area (Å²) in [6.45, 7) is 1.85. The molecule has 2 rings (SSSR count). The summed E-state index contributed by atoms with van der Waals surface area (Å²) < 4.78 is 5.12. The van der Waals surface area contributed by atoms with Gasteiger partial charge in [-0.3, -0.25) is 20.0 Å². The zero-order chi connectivity index (χ0) is 14.7. The highest BCUT2D eigenvalue weighted by atomic mass is 16.6. The Labute approximate surface area is 113 Å². The zero-order valence-electron chi connectivity index (χ0n) is 10.8. The predicted molar refractivity (Wildman–Crippen MR) is 70.9 cm³/mol. The number of anilines is 1. The first-order valence-electron chi connectivity index (χ1n) is 5.66. The molecule has 104 valence electrons. The van der Waals surface area contributed by atoms with Crippen LogP contribution in [0.4, 0.5) is 11.4 Å². The van der Waals surface area contributed by atoms with E-state index in [1.54, 1.807) is 12.1 Å². The predicted octanol–water partition coefficient (Wildman–Crippen LogP) is 1.89. The minimum Gasteiger partial charge on any atom is -0.495 e. The van der Waals surface area contributed by atoms with Gasteiger partial charge < -0.3 is 10.1 Å². The van der Waals surface area contributed by atoms with Crippen LogP contribution < -0.4 is 10.1 Å².